The van der Waals surface area contributed by atoms with Crippen molar-refractivity contribution >= 4 is 35.3 Å². The summed E-state index contributed by atoms with van der Waals surface area (Å²) in [6.07, 6.45) is 1.94. The Hall–Kier alpha value is -3.31. The number of hydrogen-bond donors (Lipinski definition) is 4. The van der Waals surface area contributed by atoms with Crippen molar-refractivity contribution in [1.29, 1.82) is 0 Å². The van der Waals surface area contributed by atoms with E-state index in [2.05, 4.69) is 73.7 Å². The maximum Gasteiger partial charge on any atom is 0.259 e. The first-order valence-corrected chi connectivity index (χ1v) is 12.9. The number of carbonyl (C=O) groups is 2. The van der Waals surface area contributed by atoms with Gasteiger partial charge in [-0.1, -0.05) is 27.7 Å². The van der Waals surface area contributed by atoms with Crippen molar-refractivity contribution in [2.24, 2.45) is 0 Å². The molecule has 1 aliphatic heterocycles. The number of hydrogen-bond acceptors (Lipinski definition) is 10. The molecule has 0 radical (unpaired) electrons. The lowest BCUT2D eigenvalue weighted by atomic mass is 10.1. The standard InChI is InChI=1S/C25H39N9O2/c1-5-33(6-2)15-9-13-26-23-30-24(27-14-10-16-34(7-3)8-4)32-25(31-23)28-18-11-12-19-20(17-18)22(36)29-21(19)35/h11-12,17H,5-10,13-16H2,1-4H3,(H,29,35,36)(H3,26,27,28,30,31,32). The van der Waals surface area contributed by atoms with Gasteiger partial charge in [0, 0.05) is 18.8 Å². The molecule has 4 N–H and O–H groups in total. The summed E-state index contributed by atoms with van der Waals surface area (Å²) < 4.78 is 0. The normalized spacial score (nSPS) is 12.7. The van der Waals surface area contributed by atoms with E-state index in [9.17, 15) is 9.59 Å². The zero-order chi connectivity index (χ0) is 25.9. The van der Waals surface area contributed by atoms with Crippen LogP contribution in [0.3, 0.4) is 0 Å². The van der Waals surface area contributed by atoms with E-state index in [1.54, 1.807) is 18.2 Å². The molecule has 196 valence electrons. The molecular formula is C25H39N9O2. The monoisotopic (exact) mass is 497 g/mol. The molecule has 1 aromatic heterocycles. The first-order chi connectivity index (χ1) is 17.5. The summed E-state index contributed by atoms with van der Waals surface area (Å²) in [5, 5.41) is 12.1. The van der Waals surface area contributed by atoms with Gasteiger partial charge in [0.1, 0.15) is 0 Å². The van der Waals surface area contributed by atoms with Crippen LogP contribution in [0.4, 0.5) is 23.5 Å². The molecule has 0 atom stereocenters. The van der Waals surface area contributed by atoms with Gasteiger partial charge in [-0.15, -0.1) is 0 Å². The van der Waals surface area contributed by atoms with Gasteiger partial charge in [0.15, 0.2) is 0 Å². The quantitative estimate of drug-likeness (QED) is 0.203. The molecular weight excluding hydrogens is 458 g/mol. The highest BCUT2D eigenvalue weighted by molar-refractivity contribution is 6.21. The molecule has 2 amide bonds. The minimum atomic E-state index is -0.402. The van der Waals surface area contributed by atoms with Crippen LogP contribution in [0.2, 0.25) is 0 Å². The SMILES string of the molecule is CCN(CC)CCCNc1nc(NCCCN(CC)CC)nc(Nc2ccc3c(c2)C(=O)NC3=O)n1. The molecule has 2 heterocycles. The van der Waals surface area contributed by atoms with E-state index in [-0.39, 0.29) is 5.91 Å². The Balaban J connectivity index is 1.69. The fourth-order valence-corrected chi connectivity index (χ4v) is 4.05. The molecule has 3 rings (SSSR count). The number of imide groups is 1. The highest BCUT2D eigenvalue weighted by Crippen LogP contribution is 2.22. The average molecular weight is 498 g/mol. The van der Waals surface area contributed by atoms with Crippen LogP contribution in [0.5, 0.6) is 0 Å². The molecule has 1 aromatic carbocycles. The van der Waals surface area contributed by atoms with Crippen LogP contribution in [0, 0.1) is 0 Å². The fraction of sp³-hybridized carbons (Fsp3) is 0.560. The second kappa shape index (κ2) is 13.7. The highest BCUT2D eigenvalue weighted by atomic mass is 16.2. The lowest BCUT2D eigenvalue weighted by molar-refractivity contribution is 0.0879. The van der Waals surface area contributed by atoms with Crippen LogP contribution < -0.4 is 21.3 Å². The van der Waals surface area contributed by atoms with Crippen LogP contribution in [-0.4, -0.2) is 88.9 Å². The molecule has 0 saturated heterocycles. The van der Waals surface area contributed by atoms with Gasteiger partial charge in [-0.3, -0.25) is 14.9 Å². The average Bonchev–Trinajstić information content (AvgIpc) is 3.16. The summed E-state index contributed by atoms with van der Waals surface area (Å²) in [6, 6.07) is 4.99. The molecule has 36 heavy (non-hydrogen) atoms. The van der Waals surface area contributed by atoms with E-state index in [0.29, 0.717) is 34.7 Å². The Labute approximate surface area is 213 Å². The van der Waals surface area contributed by atoms with Crippen LogP contribution in [-0.2, 0) is 0 Å². The molecule has 1 aliphatic rings. The summed E-state index contributed by atoms with van der Waals surface area (Å²) >= 11 is 0. The van der Waals surface area contributed by atoms with Crippen molar-refractivity contribution in [3.05, 3.63) is 29.3 Å². The van der Waals surface area contributed by atoms with E-state index in [1.165, 1.54) is 0 Å². The number of fused-ring (bicyclic) bond motifs is 1. The third-order valence-electron chi connectivity index (χ3n) is 6.28. The number of rotatable bonds is 16. The predicted octanol–water partition coefficient (Wildman–Crippen LogP) is 2.79. The van der Waals surface area contributed by atoms with Gasteiger partial charge in [0.25, 0.3) is 11.8 Å². The van der Waals surface area contributed by atoms with Gasteiger partial charge in [0.2, 0.25) is 17.8 Å². The van der Waals surface area contributed by atoms with Crippen molar-refractivity contribution in [2.45, 2.75) is 40.5 Å². The van der Waals surface area contributed by atoms with Crippen molar-refractivity contribution < 1.29 is 9.59 Å². The smallest absolute Gasteiger partial charge is 0.259 e. The largest absolute Gasteiger partial charge is 0.354 e. The molecule has 0 bridgehead atoms. The maximum atomic E-state index is 12.0. The molecule has 11 nitrogen and oxygen atoms in total. The van der Waals surface area contributed by atoms with Gasteiger partial charge in [0.05, 0.1) is 11.1 Å². The zero-order valence-corrected chi connectivity index (χ0v) is 21.9. The Kier molecular flexibility index (Phi) is 10.4. The van der Waals surface area contributed by atoms with Gasteiger partial charge in [-0.2, -0.15) is 15.0 Å². The first-order valence-electron chi connectivity index (χ1n) is 12.9. The summed E-state index contributed by atoms with van der Waals surface area (Å²) in [5.74, 6) is 0.529. The third kappa shape index (κ3) is 7.59. The van der Waals surface area contributed by atoms with Crippen LogP contribution in [0.1, 0.15) is 61.3 Å². The Morgan fingerprint density at radius 1 is 0.722 bits per heavy atom. The summed E-state index contributed by atoms with van der Waals surface area (Å²) in [5.41, 5.74) is 1.32. The summed E-state index contributed by atoms with van der Waals surface area (Å²) in [4.78, 5) is 42.2. The maximum absolute atomic E-state index is 12.0. The van der Waals surface area contributed by atoms with Gasteiger partial charge in [-0.25, -0.2) is 0 Å². The number of carbonyl (C=O) groups excluding carboxylic acids is 2. The highest BCUT2D eigenvalue weighted by Gasteiger charge is 2.26. The number of aromatic nitrogens is 3. The molecule has 0 unspecified atom stereocenters. The van der Waals surface area contributed by atoms with Gasteiger partial charge >= 0.3 is 0 Å². The second-order valence-corrected chi connectivity index (χ2v) is 8.59. The molecule has 0 saturated carbocycles. The van der Waals surface area contributed by atoms with Crippen molar-refractivity contribution in [3.63, 3.8) is 0 Å². The van der Waals surface area contributed by atoms with E-state index in [0.717, 1.165) is 65.2 Å². The number of nitrogens with zero attached hydrogens (tertiary/aromatic N) is 5. The topological polar surface area (TPSA) is 127 Å². The van der Waals surface area contributed by atoms with Gasteiger partial charge < -0.3 is 25.8 Å². The minimum Gasteiger partial charge on any atom is -0.354 e. The van der Waals surface area contributed by atoms with Crippen molar-refractivity contribution in [1.82, 2.24) is 30.1 Å². The Bertz CT molecular complexity index is 984. The third-order valence-corrected chi connectivity index (χ3v) is 6.28. The molecule has 11 heteroatoms. The predicted molar refractivity (Wildman–Crippen MR) is 143 cm³/mol. The van der Waals surface area contributed by atoms with Crippen LogP contribution in [0.25, 0.3) is 0 Å². The second-order valence-electron chi connectivity index (χ2n) is 8.59. The summed E-state index contributed by atoms with van der Waals surface area (Å²) in [6.45, 7) is 16.3. The van der Waals surface area contributed by atoms with Crippen LogP contribution >= 0.6 is 0 Å². The lowest BCUT2D eigenvalue weighted by Crippen LogP contribution is -2.26. The molecule has 0 fully saturated rings. The number of nitrogens with one attached hydrogen (secondary N) is 4. The number of amides is 2. The number of benzene rings is 1. The Morgan fingerprint density at radius 3 is 1.75 bits per heavy atom. The molecule has 0 spiro atoms. The van der Waals surface area contributed by atoms with Crippen LogP contribution in [0.15, 0.2) is 18.2 Å². The van der Waals surface area contributed by atoms with Crippen molar-refractivity contribution in [2.75, 3.05) is 68.3 Å². The lowest BCUT2D eigenvalue weighted by Gasteiger charge is -2.18. The van der Waals surface area contributed by atoms with Gasteiger partial charge in [-0.05, 0) is 70.3 Å². The Morgan fingerprint density at radius 2 is 1.22 bits per heavy atom. The van der Waals surface area contributed by atoms with E-state index in [1.807, 2.05) is 0 Å². The minimum absolute atomic E-state index is 0.337. The van der Waals surface area contributed by atoms with E-state index in [4.69, 9.17) is 0 Å². The zero-order valence-electron chi connectivity index (χ0n) is 21.9. The van der Waals surface area contributed by atoms with Crippen molar-refractivity contribution in [3.8, 4) is 0 Å². The van der Waals surface area contributed by atoms with E-state index < -0.39 is 5.91 Å². The molecule has 0 aliphatic carbocycles. The number of anilines is 4. The first kappa shape index (κ1) is 27.3. The summed E-state index contributed by atoms with van der Waals surface area (Å²) in [7, 11) is 0. The van der Waals surface area contributed by atoms with E-state index >= 15 is 0 Å². The molecule has 2 aromatic rings. The fourth-order valence-electron chi connectivity index (χ4n) is 4.05.